The van der Waals surface area contributed by atoms with Crippen molar-refractivity contribution in [1.82, 2.24) is 9.55 Å². The molecule has 156 valence electrons. The molecular weight excluding hydrogens is 394 g/mol. The Morgan fingerprint density at radius 2 is 1.83 bits per heavy atom. The second kappa shape index (κ2) is 9.47. The maximum absolute atomic E-state index is 13.3. The Morgan fingerprint density at radius 3 is 2.63 bits per heavy atom. The van der Waals surface area contributed by atoms with Gasteiger partial charge in [0.2, 0.25) is 5.91 Å². The van der Waals surface area contributed by atoms with Crippen LogP contribution in [-0.2, 0) is 11.2 Å². The van der Waals surface area contributed by atoms with E-state index < -0.39 is 0 Å². The van der Waals surface area contributed by atoms with Gasteiger partial charge >= 0.3 is 0 Å². The lowest BCUT2D eigenvalue weighted by molar-refractivity contribution is -0.113. The number of aryl methyl sites for hydroxylation is 1. The van der Waals surface area contributed by atoms with Gasteiger partial charge in [0.1, 0.15) is 0 Å². The number of nitrogens with zero attached hydrogens (tertiary/aromatic N) is 2. The molecule has 4 rings (SSSR count). The summed E-state index contributed by atoms with van der Waals surface area (Å²) in [4.78, 5) is 30.7. The van der Waals surface area contributed by atoms with Gasteiger partial charge in [0.25, 0.3) is 5.56 Å². The number of benzene rings is 2. The Kier molecular flexibility index (Phi) is 6.53. The molecule has 1 aromatic heterocycles. The van der Waals surface area contributed by atoms with Crippen molar-refractivity contribution in [2.45, 2.75) is 56.6 Å². The summed E-state index contributed by atoms with van der Waals surface area (Å²) in [5.41, 5.74) is 2.65. The third kappa shape index (κ3) is 4.43. The SMILES string of the molecule is CCc1ccccc1NC(=O)CSc1nc2ccccc2c(=O)n1C1CCCCC1. The Balaban J connectivity index is 1.59. The van der Waals surface area contributed by atoms with Crippen LogP contribution in [0.1, 0.15) is 50.6 Å². The second-order valence-corrected chi connectivity index (χ2v) is 8.67. The number of fused-ring (bicyclic) bond motifs is 1. The molecule has 0 unspecified atom stereocenters. The molecule has 1 heterocycles. The van der Waals surface area contributed by atoms with Crippen molar-refractivity contribution >= 4 is 34.3 Å². The Labute approximate surface area is 180 Å². The van der Waals surface area contributed by atoms with Gasteiger partial charge in [-0.1, -0.05) is 68.3 Å². The van der Waals surface area contributed by atoms with Gasteiger partial charge in [-0.05, 0) is 43.0 Å². The highest BCUT2D eigenvalue weighted by Gasteiger charge is 2.22. The zero-order valence-corrected chi connectivity index (χ0v) is 18.1. The minimum Gasteiger partial charge on any atom is -0.325 e. The molecule has 2 aromatic carbocycles. The van der Waals surface area contributed by atoms with Crippen LogP contribution in [0.15, 0.2) is 58.5 Å². The summed E-state index contributed by atoms with van der Waals surface area (Å²) in [7, 11) is 0. The third-order valence-corrected chi connectivity index (χ3v) is 6.67. The molecule has 0 radical (unpaired) electrons. The standard InChI is InChI=1S/C24H27N3O2S/c1-2-17-10-6-8-14-20(17)25-22(28)16-30-24-26-21-15-9-7-13-19(21)23(29)27(24)18-11-4-3-5-12-18/h6-10,13-15,18H,2-5,11-12,16H2,1H3,(H,25,28). The number of nitrogens with one attached hydrogen (secondary N) is 1. The van der Waals surface area contributed by atoms with Crippen molar-refractivity contribution in [3.05, 3.63) is 64.4 Å². The fourth-order valence-electron chi connectivity index (χ4n) is 4.16. The summed E-state index contributed by atoms with van der Waals surface area (Å²) >= 11 is 1.35. The zero-order chi connectivity index (χ0) is 20.9. The minimum absolute atomic E-state index is 0.00624. The number of hydrogen-bond donors (Lipinski definition) is 1. The predicted octanol–water partition coefficient (Wildman–Crippen LogP) is 5.19. The zero-order valence-electron chi connectivity index (χ0n) is 17.3. The van der Waals surface area contributed by atoms with Crippen molar-refractivity contribution < 1.29 is 4.79 Å². The van der Waals surface area contributed by atoms with Crippen LogP contribution < -0.4 is 10.9 Å². The van der Waals surface area contributed by atoms with Crippen LogP contribution >= 0.6 is 11.8 Å². The molecule has 0 aliphatic heterocycles. The fraction of sp³-hybridized carbons (Fsp3) is 0.375. The first kappa shape index (κ1) is 20.7. The van der Waals surface area contributed by atoms with Crippen LogP contribution in [0.4, 0.5) is 5.69 Å². The smallest absolute Gasteiger partial charge is 0.262 e. The largest absolute Gasteiger partial charge is 0.325 e. The molecule has 0 atom stereocenters. The van der Waals surface area contributed by atoms with E-state index in [4.69, 9.17) is 4.98 Å². The number of amides is 1. The molecule has 1 fully saturated rings. The molecule has 1 amide bonds. The monoisotopic (exact) mass is 421 g/mol. The van der Waals surface area contributed by atoms with Crippen LogP contribution in [0.25, 0.3) is 10.9 Å². The maximum atomic E-state index is 13.3. The summed E-state index contributed by atoms with van der Waals surface area (Å²) < 4.78 is 1.85. The quantitative estimate of drug-likeness (QED) is 0.439. The van der Waals surface area contributed by atoms with Gasteiger partial charge in [0.15, 0.2) is 5.16 Å². The molecule has 3 aromatic rings. The number of para-hydroxylation sites is 2. The summed E-state index contributed by atoms with van der Waals surface area (Å²) in [6, 6.07) is 15.5. The number of aromatic nitrogens is 2. The van der Waals surface area contributed by atoms with E-state index in [1.54, 1.807) is 0 Å². The average molecular weight is 422 g/mol. The van der Waals surface area contributed by atoms with Crippen molar-refractivity contribution in [3.8, 4) is 0 Å². The van der Waals surface area contributed by atoms with Gasteiger partial charge in [-0.3, -0.25) is 14.2 Å². The van der Waals surface area contributed by atoms with E-state index in [0.717, 1.165) is 43.4 Å². The van der Waals surface area contributed by atoms with E-state index in [9.17, 15) is 9.59 Å². The van der Waals surface area contributed by atoms with Gasteiger partial charge in [0, 0.05) is 11.7 Å². The molecule has 5 nitrogen and oxygen atoms in total. The van der Waals surface area contributed by atoms with Gasteiger partial charge in [0.05, 0.1) is 16.7 Å². The molecule has 1 saturated carbocycles. The Hall–Kier alpha value is -2.60. The molecule has 30 heavy (non-hydrogen) atoms. The first-order chi connectivity index (χ1) is 14.7. The minimum atomic E-state index is -0.0847. The molecule has 1 N–H and O–H groups in total. The molecular formula is C24H27N3O2S. The number of anilines is 1. The highest BCUT2D eigenvalue weighted by molar-refractivity contribution is 7.99. The number of hydrogen-bond acceptors (Lipinski definition) is 4. The maximum Gasteiger partial charge on any atom is 0.262 e. The molecule has 0 saturated heterocycles. The van der Waals surface area contributed by atoms with Crippen molar-refractivity contribution in [3.63, 3.8) is 0 Å². The molecule has 6 heteroatoms. The van der Waals surface area contributed by atoms with Crippen LogP contribution in [0.3, 0.4) is 0 Å². The first-order valence-electron chi connectivity index (χ1n) is 10.7. The van der Waals surface area contributed by atoms with Gasteiger partial charge in [-0.25, -0.2) is 4.98 Å². The normalized spacial score (nSPS) is 14.7. The van der Waals surface area contributed by atoms with Gasteiger partial charge in [-0.15, -0.1) is 0 Å². The number of rotatable bonds is 6. The lowest BCUT2D eigenvalue weighted by Gasteiger charge is -2.26. The molecule has 0 spiro atoms. The highest BCUT2D eigenvalue weighted by atomic mass is 32.2. The van der Waals surface area contributed by atoms with Gasteiger partial charge in [-0.2, -0.15) is 0 Å². The number of carbonyl (C=O) groups excluding carboxylic acids is 1. The topological polar surface area (TPSA) is 64.0 Å². The van der Waals surface area contributed by atoms with E-state index >= 15 is 0 Å². The van der Waals surface area contributed by atoms with Crippen LogP contribution in [0, 0.1) is 0 Å². The molecule has 0 bridgehead atoms. The predicted molar refractivity (Wildman–Crippen MR) is 123 cm³/mol. The Bertz CT molecular complexity index is 1100. The van der Waals surface area contributed by atoms with Crippen LogP contribution in [0.5, 0.6) is 0 Å². The van der Waals surface area contributed by atoms with Crippen molar-refractivity contribution in [2.75, 3.05) is 11.1 Å². The van der Waals surface area contributed by atoms with Crippen LogP contribution in [0.2, 0.25) is 0 Å². The van der Waals surface area contributed by atoms with E-state index in [-0.39, 0.29) is 23.3 Å². The number of carbonyl (C=O) groups is 1. The van der Waals surface area contributed by atoms with E-state index in [2.05, 4.69) is 12.2 Å². The lowest BCUT2D eigenvalue weighted by atomic mass is 9.95. The molecule has 1 aliphatic rings. The summed E-state index contributed by atoms with van der Waals surface area (Å²) in [5, 5.41) is 4.30. The number of thioether (sulfide) groups is 1. The van der Waals surface area contributed by atoms with Gasteiger partial charge < -0.3 is 5.32 Å². The fourth-order valence-corrected chi connectivity index (χ4v) is 5.02. The Morgan fingerprint density at radius 1 is 1.10 bits per heavy atom. The van der Waals surface area contributed by atoms with Crippen molar-refractivity contribution in [2.24, 2.45) is 0 Å². The van der Waals surface area contributed by atoms with E-state index in [0.29, 0.717) is 16.1 Å². The summed E-state index contributed by atoms with van der Waals surface area (Å²) in [6.07, 6.45) is 6.31. The van der Waals surface area contributed by atoms with Crippen LogP contribution in [-0.4, -0.2) is 21.2 Å². The highest BCUT2D eigenvalue weighted by Crippen LogP contribution is 2.31. The second-order valence-electron chi connectivity index (χ2n) is 7.73. The summed E-state index contributed by atoms with van der Waals surface area (Å²) in [6.45, 7) is 2.07. The average Bonchev–Trinajstić information content (AvgIpc) is 2.79. The summed E-state index contributed by atoms with van der Waals surface area (Å²) in [5.74, 6) is 0.133. The first-order valence-corrected chi connectivity index (χ1v) is 11.7. The van der Waals surface area contributed by atoms with Crippen molar-refractivity contribution in [1.29, 1.82) is 0 Å². The lowest BCUT2D eigenvalue weighted by Crippen LogP contribution is -2.29. The van der Waals surface area contributed by atoms with E-state index in [1.165, 1.54) is 18.2 Å². The van der Waals surface area contributed by atoms with E-state index in [1.807, 2.05) is 53.1 Å². The third-order valence-electron chi connectivity index (χ3n) is 5.72. The molecule has 1 aliphatic carbocycles.